The van der Waals surface area contributed by atoms with Crippen molar-refractivity contribution < 1.29 is 8.83 Å². The van der Waals surface area contributed by atoms with E-state index in [9.17, 15) is 0 Å². The number of fused-ring (bicyclic) bond motifs is 11. The van der Waals surface area contributed by atoms with Crippen LogP contribution in [0.4, 0.5) is 17.1 Å². The van der Waals surface area contributed by atoms with E-state index in [2.05, 4.69) is 170 Å². The van der Waals surface area contributed by atoms with Crippen molar-refractivity contribution in [3.05, 3.63) is 175 Å². The average molecular weight is 668 g/mol. The molecular formula is C49H33NO2. The van der Waals surface area contributed by atoms with Crippen molar-refractivity contribution in [2.45, 2.75) is 19.3 Å². The summed E-state index contributed by atoms with van der Waals surface area (Å²) in [6, 6.07) is 58.7. The van der Waals surface area contributed by atoms with E-state index in [1.54, 1.807) is 0 Å². The van der Waals surface area contributed by atoms with E-state index in [1.165, 1.54) is 44.2 Å². The number of benzene rings is 8. The Bertz CT molecular complexity index is 3050. The summed E-state index contributed by atoms with van der Waals surface area (Å²) in [4.78, 5) is 2.34. The molecule has 8 aromatic carbocycles. The fourth-order valence-corrected chi connectivity index (χ4v) is 8.76. The molecule has 0 fully saturated rings. The lowest BCUT2D eigenvalue weighted by atomic mass is 9.82. The SMILES string of the molecule is CC1(C)c2ccccc2-c2ccc(N(c3ccc4c(c3)oc3ccccc34)c3ccc4c(c3)oc3cc(-c5ccccc5)c5ccccc5c34)cc21. The van der Waals surface area contributed by atoms with Gasteiger partial charge < -0.3 is 13.7 Å². The molecule has 0 saturated carbocycles. The smallest absolute Gasteiger partial charge is 0.137 e. The van der Waals surface area contributed by atoms with Crippen LogP contribution in [-0.4, -0.2) is 0 Å². The number of nitrogens with zero attached hydrogens (tertiary/aromatic N) is 1. The zero-order valence-electron chi connectivity index (χ0n) is 28.9. The average Bonchev–Trinajstić information content (AvgIpc) is 3.82. The molecule has 0 N–H and O–H groups in total. The number of para-hydroxylation sites is 1. The molecule has 0 aliphatic heterocycles. The minimum Gasteiger partial charge on any atom is -0.456 e. The van der Waals surface area contributed by atoms with Gasteiger partial charge in [-0.1, -0.05) is 117 Å². The topological polar surface area (TPSA) is 29.5 Å². The first-order valence-electron chi connectivity index (χ1n) is 17.9. The summed E-state index contributed by atoms with van der Waals surface area (Å²) in [7, 11) is 0. The minimum atomic E-state index is -0.128. The molecule has 0 unspecified atom stereocenters. The van der Waals surface area contributed by atoms with Gasteiger partial charge in [0.15, 0.2) is 0 Å². The number of hydrogen-bond donors (Lipinski definition) is 0. The van der Waals surface area contributed by atoms with Gasteiger partial charge in [0, 0.05) is 56.2 Å². The Morgan fingerprint density at radius 2 is 0.962 bits per heavy atom. The second-order valence-corrected chi connectivity index (χ2v) is 14.5. The summed E-state index contributed by atoms with van der Waals surface area (Å²) in [5.41, 5.74) is 14.1. The summed E-state index contributed by atoms with van der Waals surface area (Å²) in [5.74, 6) is 0. The zero-order chi connectivity index (χ0) is 34.6. The van der Waals surface area contributed by atoms with Crippen LogP contribution in [0.5, 0.6) is 0 Å². The predicted molar refractivity (Wildman–Crippen MR) is 216 cm³/mol. The highest BCUT2D eigenvalue weighted by atomic mass is 16.3. The largest absolute Gasteiger partial charge is 0.456 e. The van der Waals surface area contributed by atoms with Crippen LogP contribution in [0.3, 0.4) is 0 Å². The Balaban J connectivity index is 1.14. The van der Waals surface area contributed by atoms with Crippen LogP contribution < -0.4 is 4.90 Å². The molecule has 11 rings (SSSR count). The second-order valence-electron chi connectivity index (χ2n) is 14.5. The first-order valence-corrected chi connectivity index (χ1v) is 17.9. The Labute approximate surface area is 301 Å². The maximum Gasteiger partial charge on any atom is 0.137 e. The van der Waals surface area contributed by atoms with E-state index in [0.717, 1.165) is 60.9 Å². The highest BCUT2D eigenvalue weighted by Crippen LogP contribution is 2.51. The maximum atomic E-state index is 6.80. The summed E-state index contributed by atoms with van der Waals surface area (Å²) >= 11 is 0. The lowest BCUT2D eigenvalue weighted by molar-refractivity contribution is 0.660. The normalized spacial score (nSPS) is 13.3. The molecule has 0 atom stereocenters. The van der Waals surface area contributed by atoms with E-state index in [-0.39, 0.29) is 5.41 Å². The molecule has 0 saturated heterocycles. The van der Waals surface area contributed by atoms with Crippen molar-refractivity contribution in [1.82, 2.24) is 0 Å². The summed E-state index contributed by atoms with van der Waals surface area (Å²) < 4.78 is 13.2. The van der Waals surface area contributed by atoms with Gasteiger partial charge in [0.1, 0.15) is 22.3 Å². The van der Waals surface area contributed by atoms with Crippen molar-refractivity contribution in [2.24, 2.45) is 0 Å². The van der Waals surface area contributed by atoms with Gasteiger partial charge in [0.2, 0.25) is 0 Å². The van der Waals surface area contributed by atoms with Crippen LogP contribution >= 0.6 is 0 Å². The van der Waals surface area contributed by atoms with Crippen LogP contribution in [0.1, 0.15) is 25.0 Å². The molecule has 2 aromatic heterocycles. The molecule has 2 heterocycles. The number of hydrogen-bond acceptors (Lipinski definition) is 3. The molecule has 1 aliphatic carbocycles. The van der Waals surface area contributed by atoms with Crippen LogP contribution in [-0.2, 0) is 5.41 Å². The van der Waals surface area contributed by atoms with Crippen molar-refractivity contribution >= 4 is 71.7 Å². The number of rotatable bonds is 4. The van der Waals surface area contributed by atoms with Gasteiger partial charge >= 0.3 is 0 Å². The quantitative estimate of drug-likeness (QED) is 0.187. The lowest BCUT2D eigenvalue weighted by Crippen LogP contribution is -2.16. The molecule has 0 bridgehead atoms. The van der Waals surface area contributed by atoms with Crippen LogP contribution in [0.15, 0.2) is 173 Å². The van der Waals surface area contributed by atoms with E-state index >= 15 is 0 Å². The molecule has 0 radical (unpaired) electrons. The van der Waals surface area contributed by atoms with Gasteiger partial charge in [0.05, 0.1) is 0 Å². The lowest BCUT2D eigenvalue weighted by Gasteiger charge is -2.28. The van der Waals surface area contributed by atoms with E-state index in [0.29, 0.717) is 0 Å². The van der Waals surface area contributed by atoms with Crippen LogP contribution in [0.25, 0.3) is 76.9 Å². The Morgan fingerprint density at radius 3 is 1.79 bits per heavy atom. The second kappa shape index (κ2) is 10.7. The molecule has 0 amide bonds. The van der Waals surface area contributed by atoms with Crippen LogP contribution in [0.2, 0.25) is 0 Å². The summed E-state index contributed by atoms with van der Waals surface area (Å²) in [6.45, 7) is 4.67. The van der Waals surface area contributed by atoms with Crippen molar-refractivity contribution in [2.75, 3.05) is 4.90 Å². The third kappa shape index (κ3) is 4.14. The van der Waals surface area contributed by atoms with Crippen molar-refractivity contribution in [3.8, 4) is 22.3 Å². The monoisotopic (exact) mass is 667 g/mol. The van der Waals surface area contributed by atoms with E-state index in [4.69, 9.17) is 8.83 Å². The number of anilines is 3. The van der Waals surface area contributed by atoms with Gasteiger partial charge in [-0.3, -0.25) is 0 Å². The third-order valence-electron chi connectivity index (χ3n) is 11.3. The van der Waals surface area contributed by atoms with Crippen molar-refractivity contribution in [1.29, 1.82) is 0 Å². The van der Waals surface area contributed by atoms with E-state index in [1.807, 2.05) is 12.1 Å². The standard InChI is InChI=1S/C49H33NO2/c1-49(2)42-18-10-8-15-35(42)36-23-20-31(26-43(36)49)50(32-21-24-38-37-16-9-11-19-44(37)51-45(38)27-32)33-22-25-40-46(28-33)52-47-29-41(30-12-4-3-5-13-30)34-14-6-7-17-39(34)48(40)47/h3-29H,1-2H3. The highest BCUT2D eigenvalue weighted by Gasteiger charge is 2.35. The minimum absolute atomic E-state index is 0.128. The van der Waals surface area contributed by atoms with E-state index < -0.39 is 0 Å². The molecule has 3 heteroatoms. The fraction of sp³-hybridized carbons (Fsp3) is 0.0612. The fourth-order valence-electron chi connectivity index (χ4n) is 8.76. The van der Waals surface area contributed by atoms with Gasteiger partial charge in [-0.25, -0.2) is 0 Å². The molecule has 0 spiro atoms. The molecule has 3 nitrogen and oxygen atoms in total. The Morgan fingerprint density at radius 1 is 0.385 bits per heavy atom. The van der Waals surface area contributed by atoms with Gasteiger partial charge in [-0.05, 0) is 92.7 Å². The molecular weight excluding hydrogens is 635 g/mol. The molecule has 52 heavy (non-hydrogen) atoms. The summed E-state index contributed by atoms with van der Waals surface area (Å²) in [5, 5.41) is 6.89. The van der Waals surface area contributed by atoms with Gasteiger partial charge in [0.25, 0.3) is 0 Å². The van der Waals surface area contributed by atoms with Crippen molar-refractivity contribution in [3.63, 3.8) is 0 Å². The first-order chi connectivity index (χ1) is 25.5. The Kier molecular flexibility index (Phi) is 6.01. The van der Waals surface area contributed by atoms with Crippen LogP contribution in [0, 0.1) is 0 Å². The molecule has 246 valence electrons. The highest BCUT2D eigenvalue weighted by molar-refractivity contribution is 6.22. The number of furan rings is 2. The summed E-state index contributed by atoms with van der Waals surface area (Å²) in [6.07, 6.45) is 0. The predicted octanol–water partition coefficient (Wildman–Crippen LogP) is 14.1. The van der Waals surface area contributed by atoms with Gasteiger partial charge in [-0.2, -0.15) is 0 Å². The van der Waals surface area contributed by atoms with Gasteiger partial charge in [-0.15, -0.1) is 0 Å². The molecule has 10 aromatic rings. The first kappa shape index (κ1) is 29.2. The maximum absolute atomic E-state index is 6.80. The Hall–Kier alpha value is -6.58. The molecule has 1 aliphatic rings. The third-order valence-corrected chi connectivity index (χ3v) is 11.3. The zero-order valence-corrected chi connectivity index (χ0v) is 28.9.